The summed E-state index contributed by atoms with van der Waals surface area (Å²) in [7, 11) is 2.06. The molecule has 0 unspecified atom stereocenters. The summed E-state index contributed by atoms with van der Waals surface area (Å²) in [5.41, 5.74) is 1.19. The Kier molecular flexibility index (Phi) is 3.45. The van der Waals surface area contributed by atoms with Crippen molar-refractivity contribution in [3.05, 3.63) is 60.7 Å². The average molecular weight is 195 g/mol. The first-order chi connectivity index (χ1) is 7.45. The lowest BCUT2D eigenvalue weighted by atomic mass is 9.72. The van der Waals surface area contributed by atoms with E-state index in [0.29, 0.717) is 6.51 Å². The van der Waals surface area contributed by atoms with Crippen LogP contribution in [-0.4, -0.2) is 13.8 Å². The number of hydrogen-bond acceptors (Lipinski definition) is 1. The van der Waals surface area contributed by atoms with Crippen molar-refractivity contribution in [2.24, 2.45) is 0 Å². The van der Waals surface area contributed by atoms with Crippen LogP contribution in [-0.2, 0) is 0 Å². The minimum atomic E-state index is 0.605. The van der Waals surface area contributed by atoms with Gasteiger partial charge in [0.15, 0.2) is 0 Å². The second kappa shape index (κ2) is 5.25. The minimum Gasteiger partial charge on any atom is -0.502 e. The van der Waals surface area contributed by atoms with Gasteiger partial charge in [0, 0.05) is 0 Å². The van der Waals surface area contributed by atoms with E-state index < -0.39 is 0 Å². The van der Waals surface area contributed by atoms with Gasteiger partial charge in [0.2, 0.25) is 7.28 Å². The molecule has 0 saturated carbocycles. The molecule has 2 heteroatoms. The van der Waals surface area contributed by atoms with Crippen molar-refractivity contribution in [3.8, 4) is 5.75 Å². The number of hydrogen-bond donors (Lipinski definition) is 0. The van der Waals surface area contributed by atoms with Crippen LogP contribution in [0.3, 0.4) is 0 Å². The summed E-state index contributed by atoms with van der Waals surface area (Å²) in [5, 5.41) is 0. The molecule has 0 aliphatic carbocycles. The van der Waals surface area contributed by atoms with E-state index in [2.05, 4.69) is 19.4 Å². The first-order valence-corrected chi connectivity index (χ1v) is 5.01. The number of para-hydroxylation sites is 1. The molecular formula is C13H12BO. The van der Waals surface area contributed by atoms with Gasteiger partial charge in [-0.3, -0.25) is 0 Å². The fraction of sp³-hybridized carbons (Fsp3) is 0.0769. The molecule has 2 aromatic carbocycles. The van der Waals surface area contributed by atoms with Gasteiger partial charge in [-0.25, -0.2) is 0 Å². The molecule has 0 atom stereocenters. The van der Waals surface area contributed by atoms with Crippen LogP contribution in [0.25, 0.3) is 0 Å². The molecule has 0 fully saturated rings. The smallest absolute Gasteiger partial charge is 0.201 e. The third-order valence-electron chi connectivity index (χ3n) is 2.11. The van der Waals surface area contributed by atoms with Crippen molar-refractivity contribution in [2.75, 3.05) is 6.51 Å². The van der Waals surface area contributed by atoms with Gasteiger partial charge in [-0.15, -0.1) is 0 Å². The van der Waals surface area contributed by atoms with E-state index in [-0.39, 0.29) is 0 Å². The lowest BCUT2D eigenvalue weighted by Gasteiger charge is -2.04. The van der Waals surface area contributed by atoms with E-state index in [1.54, 1.807) is 0 Å². The molecular weight excluding hydrogens is 183 g/mol. The van der Waals surface area contributed by atoms with E-state index in [9.17, 15) is 0 Å². The zero-order valence-electron chi connectivity index (χ0n) is 8.47. The fourth-order valence-corrected chi connectivity index (χ4v) is 1.34. The van der Waals surface area contributed by atoms with E-state index in [4.69, 9.17) is 4.74 Å². The highest BCUT2D eigenvalue weighted by Crippen LogP contribution is 2.07. The first kappa shape index (κ1) is 9.84. The number of benzene rings is 2. The molecule has 0 saturated heterocycles. The minimum absolute atomic E-state index is 0.605. The van der Waals surface area contributed by atoms with Crippen LogP contribution in [0.4, 0.5) is 0 Å². The lowest BCUT2D eigenvalue weighted by molar-refractivity contribution is 0.385. The highest BCUT2D eigenvalue weighted by atomic mass is 16.5. The van der Waals surface area contributed by atoms with E-state index >= 15 is 0 Å². The van der Waals surface area contributed by atoms with Gasteiger partial charge in [0.25, 0.3) is 0 Å². The molecule has 1 nitrogen and oxygen atoms in total. The Labute approximate surface area is 91.0 Å². The topological polar surface area (TPSA) is 9.23 Å². The quantitative estimate of drug-likeness (QED) is 0.678. The number of ether oxygens (including phenoxy) is 1. The summed E-state index contributed by atoms with van der Waals surface area (Å²) < 4.78 is 5.55. The van der Waals surface area contributed by atoms with Crippen LogP contribution >= 0.6 is 0 Å². The van der Waals surface area contributed by atoms with Gasteiger partial charge in [-0.05, 0) is 12.1 Å². The summed E-state index contributed by atoms with van der Waals surface area (Å²) in [6.07, 6.45) is 0. The zero-order chi connectivity index (χ0) is 10.3. The van der Waals surface area contributed by atoms with E-state index in [1.807, 2.05) is 48.5 Å². The van der Waals surface area contributed by atoms with Crippen molar-refractivity contribution in [1.29, 1.82) is 0 Å². The lowest BCUT2D eigenvalue weighted by Crippen LogP contribution is -2.20. The monoisotopic (exact) mass is 195 g/mol. The van der Waals surface area contributed by atoms with Crippen molar-refractivity contribution in [1.82, 2.24) is 0 Å². The predicted octanol–water partition coefficient (Wildman–Crippen LogP) is 2.05. The largest absolute Gasteiger partial charge is 0.502 e. The molecule has 0 bridgehead atoms. The zero-order valence-corrected chi connectivity index (χ0v) is 8.47. The second-order valence-electron chi connectivity index (χ2n) is 3.24. The molecule has 0 aromatic heterocycles. The maximum Gasteiger partial charge on any atom is 0.201 e. The van der Waals surface area contributed by atoms with Crippen molar-refractivity contribution in [2.45, 2.75) is 0 Å². The molecule has 73 valence electrons. The second-order valence-corrected chi connectivity index (χ2v) is 3.24. The Balaban J connectivity index is 1.81. The molecule has 1 radical (unpaired) electrons. The highest BCUT2D eigenvalue weighted by molar-refractivity contribution is 6.53. The molecule has 15 heavy (non-hydrogen) atoms. The van der Waals surface area contributed by atoms with Gasteiger partial charge in [0.1, 0.15) is 5.75 Å². The molecule has 0 N–H and O–H groups in total. The van der Waals surface area contributed by atoms with Crippen molar-refractivity contribution < 1.29 is 4.74 Å². The molecule has 0 heterocycles. The number of rotatable bonds is 4. The maximum atomic E-state index is 5.55. The average Bonchev–Trinajstić information content (AvgIpc) is 2.32. The molecule has 0 spiro atoms. The SMILES string of the molecule is [B](COc1ccccc1)c1ccccc1. The third kappa shape index (κ3) is 3.17. The Morgan fingerprint density at radius 3 is 2.07 bits per heavy atom. The van der Waals surface area contributed by atoms with Gasteiger partial charge < -0.3 is 4.74 Å². The molecule has 2 rings (SSSR count). The van der Waals surface area contributed by atoms with Crippen LogP contribution < -0.4 is 10.2 Å². The Morgan fingerprint density at radius 2 is 1.40 bits per heavy atom. The van der Waals surface area contributed by atoms with Gasteiger partial charge in [-0.1, -0.05) is 54.0 Å². The first-order valence-electron chi connectivity index (χ1n) is 5.01. The van der Waals surface area contributed by atoms with Crippen LogP contribution in [0.2, 0.25) is 0 Å². The van der Waals surface area contributed by atoms with Gasteiger partial charge >= 0.3 is 0 Å². The van der Waals surface area contributed by atoms with Gasteiger partial charge in [0.05, 0.1) is 6.51 Å². The summed E-state index contributed by atoms with van der Waals surface area (Å²) in [5.74, 6) is 0.907. The van der Waals surface area contributed by atoms with Gasteiger partial charge in [-0.2, -0.15) is 0 Å². The third-order valence-corrected chi connectivity index (χ3v) is 2.11. The molecule has 0 amide bonds. The van der Waals surface area contributed by atoms with E-state index in [0.717, 1.165) is 5.75 Å². The van der Waals surface area contributed by atoms with Crippen molar-refractivity contribution in [3.63, 3.8) is 0 Å². The summed E-state index contributed by atoms with van der Waals surface area (Å²) in [4.78, 5) is 0. The standard InChI is InChI=1S/C13H12BO/c1-3-7-12(8-4-1)14-11-15-13-9-5-2-6-10-13/h1-10H,11H2. The summed E-state index contributed by atoms with van der Waals surface area (Å²) >= 11 is 0. The Bertz CT molecular complexity index is 346. The Morgan fingerprint density at radius 1 is 0.800 bits per heavy atom. The van der Waals surface area contributed by atoms with Crippen molar-refractivity contribution >= 4 is 12.7 Å². The predicted molar refractivity (Wildman–Crippen MR) is 63.8 cm³/mol. The normalized spacial score (nSPS) is 9.60. The van der Waals surface area contributed by atoms with Crippen LogP contribution in [0, 0.1) is 0 Å². The maximum absolute atomic E-state index is 5.55. The van der Waals surface area contributed by atoms with Crippen LogP contribution in [0.15, 0.2) is 60.7 Å². The van der Waals surface area contributed by atoms with Crippen LogP contribution in [0.1, 0.15) is 0 Å². The van der Waals surface area contributed by atoms with E-state index in [1.165, 1.54) is 5.46 Å². The molecule has 0 aliphatic rings. The molecule has 0 aliphatic heterocycles. The summed E-state index contributed by atoms with van der Waals surface area (Å²) in [6.45, 7) is 0.605. The van der Waals surface area contributed by atoms with Crippen LogP contribution in [0.5, 0.6) is 5.75 Å². The molecule has 2 aromatic rings. The fourth-order valence-electron chi connectivity index (χ4n) is 1.34. The highest BCUT2D eigenvalue weighted by Gasteiger charge is 1.95. The Hall–Kier alpha value is -1.70. The summed E-state index contributed by atoms with van der Waals surface area (Å²) in [6, 6.07) is 20.0.